The standard InChI is InChI=1S/C20H20FN3O4/c1-11-10-28-19-16(24(11)20(26)27)9-13(8-12-2-4-14(21)5-3-12)17(23-19)18(25)22-15-6-7-15/h2-5,9,11,15H,6-8,10H2,1H3,(H,22,25)(H,26,27). The first-order chi connectivity index (χ1) is 13.4. The quantitative estimate of drug-likeness (QED) is 0.844. The Balaban J connectivity index is 1.76. The van der Waals surface area contributed by atoms with E-state index >= 15 is 0 Å². The zero-order valence-electron chi connectivity index (χ0n) is 15.3. The van der Waals surface area contributed by atoms with Crippen LogP contribution in [0.4, 0.5) is 14.9 Å². The number of benzene rings is 1. The number of carbonyl (C=O) groups is 2. The Bertz CT molecular complexity index is 928. The molecule has 8 heteroatoms. The second kappa shape index (κ2) is 7.10. The van der Waals surface area contributed by atoms with Crippen LogP contribution in [-0.2, 0) is 6.42 Å². The second-order valence-electron chi connectivity index (χ2n) is 7.18. The summed E-state index contributed by atoms with van der Waals surface area (Å²) in [5, 5.41) is 12.5. The molecule has 2 heterocycles. The Hall–Kier alpha value is -3.16. The Labute approximate surface area is 161 Å². The highest BCUT2D eigenvalue weighted by atomic mass is 19.1. The van der Waals surface area contributed by atoms with Crippen LogP contribution in [0.15, 0.2) is 30.3 Å². The molecule has 0 spiro atoms. The fourth-order valence-electron chi connectivity index (χ4n) is 3.24. The maximum Gasteiger partial charge on any atom is 0.412 e. The van der Waals surface area contributed by atoms with Gasteiger partial charge in [0.05, 0.1) is 6.04 Å². The van der Waals surface area contributed by atoms with Gasteiger partial charge in [-0.25, -0.2) is 14.2 Å². The maximum absolute atomic E-state index is 13.2. The highest BCUT2D eigenvalue weighted by Gasteiger charge is 2.33. The molecule has 1 saturated carbocycles. The molecule has 1 aromatic carbocycles. The fraction of sp³-hybridized carbons (Fsp3) is 0.350. The molecule has 146 valence electrons. The number of amides is 2. The van der Waals surface area contributed by atoms with Crippen LogP contribution in [0.3, 0.4) is 0 Å². The lowest BCUT2D eigenvalue weighted by Gasteiger charge is -2.32. The molecular formula is C20H20FN3O4. The molecule has 1 unspecified atom stereocenters. The van der Waals surface area contributed by atoms with Crippen LogP contribution < -0.4 is 15.0 Å². The molecule has 28 heavy (non-hydrogen) atoms. The van der Waals surface area contributed by atoms with E-state index in [0.717, 1.165) is 18.4 Å². The first-order valence-corrected chi connectivity index (χ1v) is 9.16. The van der Waals surface area contributed by atoms with Gasteiger partial charge in [-0.1, -0.05) is 12.1 Å². The summed E-state index contributed by atoms with van der Waals surface area (Å²) in [5.41, 5.74) is 1.86. The number of pyridine rings is 1. The van der Waals surface area contributed by atoms with Gasteiger partial charge < -0.3 is 15.2 Å². The lowest BCUT2D eigenvalue weighted by Crippen LogP contribution is -2.45. The number of ether oxygens (including phenoxy) is 1. The summed E-state index contributed by atoms with van der Waals surface area (Å²) in [6, 6.07) is 7.37. The highest BCUT2D eigenvalue weighted by Crippen LogP contribution is 2.35. The Morgan fingerprint density at radius 1 is 1.32 bits per heavy atom. The van der Waals surface area contributed by atoms with Crippen molar-refractivity contribution in [1.82, 2.24) is 10.3 Å². The van der Waals surface area contributed by atoms with E-state index < -0.39 is 6.09 Å². The van der Waals surface area contributed by atoms with Crippen molar-refractivity contribution in [3.8, 4) is 5.88 Å². The number of halogens is 1. The van der Waals surface area contributed by atoms with E-state index in [9.17, 15) is 19.1 Å². The summed E-state index contributed by atoms with van der Waals surface area (Å²) in [4.78, 5) is 30.0. The molecule has 1 aliphatic carbocycles. The lowest BCUT2D eigenvalue weighted by atomic mass is 10.0. The van der Waals surface area contributed by atoms with E-state index in [1.807, 2.05) is 0 Å². The lowest BCUT2D eigenvalue weighted by molar-refractivity contribution is 0.0943. The largest absolute Gasteiger partial charge is 0.474 e. The smallest absolute Gasteiger partial charge is 0.412 e. The van der Waals surface area contributed by atoms with Crippen molar-refractivity contribution in [2.24, 2.45) is 0 Å². The van der Waals surface area contributed by atoms with Crippen LogP contribution in [0.1, 0.15) is 41.4 Å². The molecule has 2 N–H and O–H groups in total. The number of hydrogen-bond acceptors (Lipinski definition) is 4. The molecule has 1 fully saturated rings. The number of rotatable bonds is 4. The third-order valence-electron chi connectivity index (χ3n) is 4.85. The van der Waals surface area contributed by atoms with Gasteiger partial charge in [-0.3, -0.25) is 9.69 Å². The molecule has 0 radical (unpaired) electrons. The van der Waals surface area contributed by atoms with Crippen LogP contribution in [0.2, 0.25) is 0 Å². The van der Waals surface area contributed by atoms with Crippen LogP contribution in [0.25, 0.3) is 0 Å². The van der Waals surface area contributed by atoms with Crippen LogP contribution in [0.5, 0.6) is 5.88 Å². The summed E-state index contributed by atoms with van der Waals surface area (Å²) < 4.78 is 18.8. The molecule has 2 aliphatic rings. The minimum Gasteiger partial charge on any atom is -0.474 e. The van der Waals surface area contributed by atoms with Crippen molar-refractivity contribution < 1.29 is 23.8 Å². The number of fused-ring (bicyclic) bond motifs is 1. The summed E-state index contributed by atoms with van der Waals surface area (Å²) >= 11 is 0. The van der Waals surface area contributed by atoms with Crippen molar-refractivity contribution in [2.45, 2.75) is 38.3 Å². The van der Waals surface area contributed by atoms with E-state index in [0.29, 0.717) is 17.7 Å². The normalized spacial score (nSPS) is 18.2. The third kappa shape index (κ3) is 3.62. The van der Waals surface area contributed by atoms with Gasteiger partial charge in [-0.2, -0.15) is 0 Å². The third-order valence-corrected chi connectivity index (χ3v) is 4.85. The van der Waals surface area contributed by atoms with Crippen molar-refractivity contribution >= 4 is 17.7 Å². The summed E-state index contributed by atoms with van der Waals surface area (Å²) in [7, 11) is 0. The second-order valence-corrected chi connectivity index (χ2v) is 7.18. The van der Waals surface area contributed by atoms with Crippen molar-refractivity contribution in [2.75, 3.05) is 11.5 Å². The van der Waals surface area contributed by atoms with Gasteiger partial charge >= 0.3 is 6.09 Å². The minimum absolute atomic E-state index is 0.129. The van der Waals surface area contributed by atoms with Crippen molar-refractivity contribution in [1.29, 1.82) is 0 Å². The SMILES string of the molecule is CC1COc2nc(C(=O)NC3CC3)c(Cc3ccc(F)cc3)cc2N1C(=O)O. The molecular weight excluding hydrogens is 365 g/mol. The molecule has 7 nitrogen and oxygen atoms in total. The zero-order chi connectivity index (χ0) is 19.8. The first-order valence-electron chi connectivity index (χ1n) is 9.16. The molecule has 2 aromatic rings. The number of nitrogens with zero attached hydrogens (tertiary/aromatic N) is 2. The Morgan fingerprint density at radius 2 is 2.04 bits per heavy atom. The zero-order valence-corrected chi connectivity index (χ0v) is 15.3. The predicted molar refractivity (Wildman–Crippen MR) is 99.4 cm³/mol. The minimum atomic E-state index is -1.11. The van der Waals surface area contributed by atoms with Gasteiger partial charge in [0.25, 0.3) is 5.91 Å². The molecule has 0 saturated heterocycles. The van der Waals surface area contributed by atoms with Gasteiger partial charge in [0.1, 0.15) is 23.8 Å². The van der Waals surface area contributed by atoms with Crippen LogP contribution >= 0.6 is 0 Å². The number of anilines is 1. The predicted octanol–water partition coefficient (Wildman–Crippen LogP) is 2.97. The van der Waals surface area contributed by atoms with Crippen molar-refractivity contribution in [3.63, 3.8) is 0 Å². The van der Waals surface area contributed by atoms with Gasteiger partial charge in [-0.15, -0.1) is 0 Å². The molecule has 1 aromatic heterocycles. The average Bonchev–Trinajstić information content (AvgIpc) is 3.46. The number of carbonyl (C=O) groups excluding carboxylic acids is 1. The van der Waals surface area contributed by atoms with E-state index in [2.05, 4.69) is 10.3 Å². The van der Waals surface area contributed by atoms with E-state index in [1.54, 1.807) is 25.1 Å². The maximum atomic E-state index is 13.2. The average molecular weight is 385 g/mol. The summed E-state index contributed by atoms with van der Waals surface area (Å²) in [6.07, 6.45) is 1.08. The fourth-order valence-corrected chi connectivity index (χ4v) is 3.24. The molecule has 4 rings (SSSR count). The molecule has 0 bridgehead atoms. The van der Waals surface area contributed by atoms with Crippen LogP contribution in [0, 0.1) is 5.82 Å². The van der Waals surface area contributed by atoms with E-state index in [4.69, 9.17) is 4.74 Å². The summed E-state index contributed by atoms with van der Waals surface area (Å²) in [6.45, 7) is 1.90. The topological polar surface area (TPSA) is 91.8 Å². The highest BCUT2D eigenvalue weighted by molar-refractivity contribution is 5.96. The van der Waals surface area contributed by atoms with Gasteiger partial charge in [-0.05, 0) is 55.5 Å². The van der Waals surface area contributed by atoms with Gasteiger partial charge in [0.15, 0.2) is 0 Å². The van der Waals surface area contributed by atoms with Crippen LogP contribution in [-0.4, -0.2) is 40.8 Å². The Kier molecular flexibility index (Phi) is 4.62. The van der Waals surface area contributed by atoms with Crippen molar-refractivity contribution in [3.05, 3.63) is 53.0 Å². The molecule has 1 atom stereocenters. The Morgan fingerprint density at radius 3 is 2.68 bits per heavy atom. The van der Waals surface area contributed by atoms with Gasteiger partial charge in [0.2, 0.25) is 5.88 Å². The molecule has 1 aliphatic heterocycles. The first kappa shape index (κ1) is 18.2. The number of nitrogens with one attached hydrogen (secondary N) is 1. The number of aromatic nitrogens is 1. The van der Waals surface area contributed by atoms with E-state index in [1.165, 1.54) is 17.0 Å². The number of carboxylic acid groups (broad SMARTS) is 1. The van der Waals surface area contributed by atoms with Gasteiger partial charge in [0, 0.05) is 6.04 Å². The summed E-state index contributed by atoms with van der Waals surface area (Å²) in [5.74, 6) is -0.533. The van der Waals surface area contributed by atoms with E-state index in [-0.39, 0.29) is 42.0 Å². The number of hydrogen-bond donors (Lipinski definition) is 2. The molecule has 2 amide bonds. The monoisotopic (exact) mass is 385 g/mol.